The van der Waals surface area contributed by atoms with Crippen molar-refractivity contribution in [2.24, 2.45) is 0 Å². The normalized spacial score (nSPS) is 11.8. The Kier molecular flexibility index (Phi) is 35.9. The Balaban J connectivity index is 2.03. The molecule has 0 saturated heterocycles. The van der Waals surface area contributed by atoms with E-state index in [9.17, 15) is 33.6 Å². The Morgan fingerprint density at radius 3 is 1.46 bits per heavy atom. The van der Waals surface area contributed by atoms with Crippen molar-refractivity contribution in [1.29, 1.82) is 0 Å². The highest BCUT2D eigenvalue weighted by molar-refractivity contribution is 5.85. The van der Waals surface area contributed by atoms with Gasteiger partial charge in [0.2, 0.25) is 23.6 Å². The molecule has 0 saturated carbocycles. The van der Waals surface area contributed by atoms with Crippen LogP contribution in [0.5, 0.6) is 0 Å². The monoisotopic (exact) mass is 994 g/mol. The number of esters is 2. The van der Waals surface area contributed by atoms with Crippen molar-refractivity contribution < 1.29 is 66.7 Å². The highest BCUT2D eigenvalue weighted by Crippen LogP contribution is 2.16. The maximum absolute atomic E-state index is 12.9. The van der Waals surface area contributed by atoms with Gasteiger partial charge in [-0.2, -0.15) is 0 Å². The number of amides is 5. The lowest BCUT2D eigenvalue weighted by Gasteiger charge is -2.24. The molecule has 400 valence electrons. The van der Waals surface area contributed by atoms with Crippen LogP contribution >= 0.6 is 0 Å². The number of alkyl carbamates (subject to hydrolysis) is 1. The highest BCUT2D eigenvalue weighted by atomic mass is 16.6. The van der Waals surface area contributed by atoms with Crippen LogP contribution in [-0.4, -0.2) is 138 Å². The molecule has 1 atom stereocenters. The molecule has 0 aliphatic rings. The minimum Gasteiger partial charge on any atom is -0.460 e. The lowest BCUT2D eigenvalue weighted by molar-refractivity contribution is -0.159. The Morgan fingerprint density at radius 2 is 0.929 bits per heavy atom. The van der Waals surface area contributed by atoms with E-state index in [-0.39, 0.29) is 128 Å². The summed E-state index contributed by atoms with van der Waals surface area (Å²) in [4.78, 5) is 85.7. The summed E-state index contributed by atoms with van der Waals surface area (Å²) in [5, 5.41) is 13.4. The molecule has 0 aliphatic carbocycles. The number of ether oxygens (including phenoxy) is 7. The van der Waals surface area contributed by atoms with Crippen molar-refractivity contribution in [3.63, 3.8) is 0 Å². The van der Waals surface area contributed by atoms with E-state index in [2.05, 4.69) is 26.6 Å². The van der Waals surface area contributed by atoms with Crippen LogP contribution in [0.25, 0.3) is 0 Å². The van der Waals surface area contributed by atoms with Gasteiger partial charge in [-0.1, -0.05) is 94.5 Å². The first kappa shape index (κ1) is 63.2. The highest BCUT2D eigenvalue weighted by Gasteiger charge is 2.27. The molecule has 0 unspecified atom stereocenters. The maximum atomic E-state index is 12.9. The number of nitrogens with one attached hydrogen (secondary N) is 5. The van der Waals surface area contributed by atoms with Gasteiger partial charge in [-0.3, -0.25) is 24.0 Å². The summed E-state index contributed by atoms with van der Waals surface area (Å²) in [5.74, 6) is -1.90. The summed E-state index contributed by atoms with van der Waals surface area (Å²) in [6, 6.07) is 8.34. The average molecular weight is 994 g/mol. The average Bonchev–Trinajstić information content (AvgIpc) is 3.29. The molecule has 1 aromatic carbocycles. The fraction of sp³-hybridized carbons (Fsp3) is 0.745. The quantitative estimate of drug-likeness (QED) is 0.0299. The van der Waals surface area contributed by atoms with Gasteiger partial charge in [-0.15, -0.1) is 0 Å². The van der Waals surface area contributed by atoms with Crippen molar-refractivity contribution >= 4 is 41.7 Å². The van der Waals surface area contributed by atoms with Crippen LogP contribution in [0.3, 0.4) is 0 Å². The van der Waals surface area contributed by atoms with E-state index < -0.39 is 29.3 Å². The van der Waals surface area contributed by atoms with Crippen molar-refractivity contribution in [1.82, 2.24) is 26.6 Å². The molecule has 0 radical (unpaired) electrons. The zero-order valence-corrected chi connectivity index (χ0v) is 43.2. The van der Waals surface area contributed by atoms with E-state index in [0.717, 1.165) is 50.5 Å². The number of carbonyl (C=O) groups excluding carboxylic acids is 7. The van der Waals surface area contributed by atoms with E-state index >= 15 is 0 Å². The molecule has 19 nitrogen and oxygen atoms in total. The molecule has 5 N–H and O–H groups in total. The maximum Gasteiger partial charge on any atom is 0.407 e. The molecule has 1 rings (SSSR count). The van der Waals surface area contributed by atoms with E-state index in [0.29, 0.717) is 12.8 Å². The number of hydrogen-bond acceptors (Lipinski definition) is 14. The number of benzene rings is 1. The smallest absolute Gasteiger partial charge is 0.407 e. The van der Waals surface area contributed by atoms with Gasteiger partial charge in [0.15, 0.2) is 0 Å². The fourth-order valence-corrected chi connectivity index (χ4v) is 6.50. The van der Waals surface area contributed by atoms with E-state index in [1.165, 1.54) is 32.1 Å². The van der Waals surface area contributed by atoms with Crippen molar-refractivity contribution in [2.45, 2.75) is 168 Å². The molecule has 0 aliphatic heterocycles. The van der Waals surface area contributed by atoms with Crippen LogP contribution in [0, 0.1) is 0 Å². The van der Waals surface area contributed by atoms with Crippen molar-refractivity contribution in [3.05, 3.63) is 35.9 Å². The van der Waals surface area contributed by atoms with Gasteiger partial charge in [0.05, 0.1) is 39.6 Å². The first-order valence-corrected chi connectivity index (χ1v) is 25.2. The number of carbonyl (C=O) groups is 7. The standard InChI is InChI=1S/C51H87N5O14/c1-50(2,3)69-47(61)25-21-16-14-12-10-8-7-9-11-13-15-20-24-44(58)56-42(48(62)70-51(4,5)6)26-27-43(57)53-30-32-64-34-37-67-40-46(60)54-31-33-65-35-36-66-39-45(59)52-28-29-55-49(63)68-38-41-22-18-17-19-23-41/h17-19,22-23,42H,7-16,20-21,24-40H2,1-6H3,(H,52,59)(H,53,57)(H,54,60)(H,55,63)(H,56,58)/t42-/m0/s1. The second-order valence-electron chi connectivity index (χ2n) is 18.9. The molecule has 0 spiro atoms. The summed E-state index contributed by atoms with van der Waals surface area (Å²) in [6.45, 7) is 12.9. The summed E-state index contributed by atoms with van der Waals surface area (Å²) in [6.07, 6.45) is 13.2. The number of rotatable bonds is 41. The molecule has 1 aromatic rings. The molecule has 70 heavy (non-hydrogen) atoms. The summed E-state index contributed by atoms with van der Waals surface area (Å²) >= 11 is 0. The molecule has 19 heteroatoms. The van der Waals surface area contributed by atoms with Crippen LogP contribution in [0.15, 0.2) is 30.3 Å². The second-order valence-corrected chi connectivity index (χ2v) is 18.9. The number of hydrogen-bond donors (Lipinski definition) is 5. The van der Waals surface area contributed by atoms with Crippen LogP contribution in [0.2, 0.25) is 0 Å². The Hall–Kier alpha value is -4.85. The first-order chi connectivity index (χ1) is 33.4. The minimum atomic E-state index is -0.945. The third kappa shape index (κ3) is 41.0. The van der Waals surface area contributed by atoms with Crippen molar-refractivity contribution in [2.75, 3.05) is 79.0 Å². The number of unbranched alkanes of at least 4 members (excludes halogenated alkanes) is 11. The lowest BCUT2D eigenvalue weighted by Crippen LogP contribution is -2.44. The third-order valence-corrected chi connectivity index (χ3v) is 9.92. The zero-order valence-electron chi connectivity index (χ0n) is 43.2. The van der Waals surface area contributed by atoms with Gasteiger partial charge in [-0.25, -0.2) is 9.59 Å². The van der Waals surface area contributed by atoms with E-state index in [1.54, 1.807) is 20.8 Å². The lowest BCUT2D eigenvalue weighted by atomic mass is 10.0. The van der Waals surface area contributed by atoms with Crippen LogP contribution < -0.4 is 26.6 Å². The summed E-state index contributed by atoms with van der Waals surface area (Å²) in [7, 11) is 0. The predicted molar refractivity (Wildman–Crippen MR) is 264 cm³/mol. The molecule has 5 amide bonds. The SMILES string of the molecule is CC(C)(C)OC(=O)CCCCCCCCCCCCCCC(=O)N[C@@H](CCC(=O)NCCOCCOCC(=O)NCCOCCOCC(=O)NCCNC(=O)OCc1ccccc1)C(=O)OC(C)(C)C. The van der Waals surface area contributed by atoms with Gasteiger partial charge in [0.1, 0.15) is 37.1 Å². The van der Waals surface area contributed by atoms with Crippen LogP contribution in [-0.2, 0) is 68.5 Å². The van der Waals surface area contributed by atoms with E-state index in [4.69, 9.17) is 33.2 Å². The molecule has 0 aromatic heterocycles. The minimum absolute atomic E-state index is 0.00575. The zero-order chi connectivity index (χ0) is 51.7. The molecule has 0 bridgehead atoms. The van der Waals surface area contributed by atoms with E-state index in [1.807, 2.05) is 51.1 Å². The topological polar surface area (TPSA) is 244 Å². The van der Waals surface area contributed by atoms with Crippen LogP contribution in [0.1, 0.15) is 150 Å². The van der Waals surface area contributed by atoms with Gasteiger partial charge >= 0.3 is 18.0 Å². The molecular weight excluding hydrogens is 907 g/mol. The molecular formula is C51H87N5O14. The Bertz CT molecular complexity index is 1600. The molecule has 0 heterocycles. The largest absolute Gasteiger partial charge is 0.460 e. The van der Waals surface area contributed by atoms with Crippen molar-refractivity contribution in [3.8, 4) is 0 Å². The van der Waals surface area contributed by atoms with Gasteiger partial charge in [-0.05, 0) is 66.4 Å². The second kappa shape index (κ2) is 39.8. The van der Waals surface area contributed by atoms with Crippen LogP contribution in [0.4, 0.5) is 4.79 Å². The third-order valence-electron chi connectivity index (χ3n) is 9.92. The van der Waals surface area contributed by atoms with Gasteiger partial charge < -0.3 is 59.7 Å². The Labute approximate surface area is 417 Å². The first-order valence-electron chi connectivity index (χ1n) is 25.2. The van der Waals surface area contributed by atoms with Gasteiger partial charge in [0, 0.05) is 45.4 Å². The summed E-state index contributed by atoms with van der Waals surface area (Å²) in [5.41, 5.74) is -0.302. The molecule has 0 fully saturated rings. The summed E-state index contributed by atoms with van der Waals surface area (Å²) < 4.78 is 37.4. The van der Waals surface area contributed by atoms with Gasteiger partial charge in [0.25, 0.3) is 0 Å². The predicted octanol–water partition coefficient (Wildman–Crippen LogP) is 5.74. The Morgan fingerprint density at radius 1 is 0.471 bits per heavy atom. The fourth-order valence-electron chi connectivity index (χ4n) is 6.50.